The molecule has 1 amide bonds. The molecule has 18 heavy (non-hydrogen) atoms. The molecule has 0 spiro atoms. The number of nitrogens with one attached hydrogen (secondary N) is 1. The second-order valence-electron chi connectivity index (χ2n) is 5.49. The Morgan fingerprint density at radius 2 is 1.94 bits per heavy atom. The van der Waals surface area contributed by atoms with Crippen LogP contribution in [0.2, 0.25) is 0 Å². The maximum Gasteiger partial charge on any atom is 0.407 e. The molecule has 0 fully saturated rings. The molecule has 0 bridgehead atoms. The Kier molecular flexibility index (Phi) is 6.43. The maximum atomic E-state index is 11.5. The SMILES string of the molecule is CC(C)C[C@@H](CO[N+](=O)[O-])NC(=O)OC(C)(C)C. The van der Waals surface area contributed by atoms with Crippen LogP contribution >= 0.6 is 0 Å². The van der Waals surface area contributed by atoms with E-state index < -0.39 is 22.8 Å². The lowest BCUT2D eigenvalue weighted by molar-refractivity contribution is -0.758. The van der Waals surface area contributed by atoms with Gasteiger partial charge in [-0.1, -0.05) is 13.8 Å². The third-order valence-corrected chi connectivity index (χ3v) is 1.86. The Labute approximate surface area is 107 Å². The molecule has 0 aliphatic carbocycles. The van der Waals surface area contributed by atoms with Crippen molar-refractivity contribution in [2.45, 2.75) is 52.7 Å². The van der Waals surface area contributed by atoms with Gasteiger partial charge in [0.2, 0.25) is 0 Å². The average molecular weight is 262 g/mol. The first-order valence-corrected chi connectivity index (χ1v) is 5.87. The Morgan fingerprint density at radius 3 is 2.33 bits per heavy atom. The summed E-state index contributed by atoms with van der Waals surface area (Å²) >= 11 is 0. The van der Waals surface area contributed by atoms with Crippen LogP contribution in [0.1, 0.15) is 41.0 Å². The van der Waals surface area contributed by atoms with Crippen LogP contribution in [0.5, 0.6) is 0 Å². The second kappa shape index (κ2) is 7.03. The van der Waals surface area contributed by atoms with Crippen molar-refractivity contribution in [2.75, 3.05) is 6.61 Å². The van der Waals surface area contributed by atoms with Gasteiger partial charge in [0.1, 0.15) is 12.2 Å². The summed E-state index contributed by atoms with van der Waals surface area (Å²) in [6.45, 7) is 8.98. The summed E-state index contributed by atoms with van der Waals surface area (Å²) in [7, 11) is 0. The standard InChI is InChI=1S/C11H22N2O5/c1-8(2)6-9(7-17-13(15)16)12-10(14)18-11(3,4)5/h8-9H,6-7H2,1-5H3,(H,12,14)/t9-/m0/s1. The van der Waals surface area contributed by atoms with Crippen molar-refractivity contribution in [3.8, 4) is 0 Å². The van der Waals surface area contributed by atoms with E-state index in [1.165, 1.54) is 0 Å². The van der Waals surface area contributed by atoms with Gasteiger partial charge >= 0.3 is 6.09 Å². The van der Waals surface area contributed by atoms with Crippen LogP contribution in [-0.4, -0.2) is 29.4 Å². The van der Waals surface area contributed by atoms with Crippen LogP contribution in [0.25, 0.3) is 0 Å². The van der Waals surface area contributed by atoms with Crippen LogP contribution in [0.3, 0.4) is 0 Å². The molecule has 0 unspecified atom stereocenters. The highest BCUT2D eigenvalue weighted by Gasteiger charge is 2.20. The zero-order chi connectivity index (χ0) is 14.3. The van der Waals surface area contributed by atoms with Crippen LogP contribution < -0.4 is 5.32 Å². The third kappa shape index (κ3) is 9.68. The number of carbonyl (C=O) groups excluding carboxylic acids is 1. The monoisotopic (exact) mass is 262 g/mol. The average Bonchev–Trinajstić information content (AvgIpc) is 2.09. The molecule has 0 aliphatic heterocycles. The summed E-state index contributed by atoms with van der Waals surface area (Å²) in [5.41, 5.74) is -0.601. The van der Waals surface area contributed by atoms with Gasteiger partial charge < -0.3 is 14.9 Å². The quantitative estimate of drug-likeness (QED) is 0.585. The molecule has 0 aliphatic rings. The molecule has 1 N–H and O–H groups in total. The van der Waals surface area contributed by atoms with Crippen molar-refractivity contribution in [3.63, 3.8) is 0 Å². The third-order valence-electron chi connectivity index (χ3n) is 1.86. The number of carbonyl (C=O) groups is 1. The minimum atomic E-state index is -0.871. The van der Waals surface area contributed by atoms with Crippen molar-refractivity contribution < 1.29 is 19.5 Å². The summed E-state index contributed by atoms with van der Waals surface area (Å²) in [5.74, 6) is 0.278. The normalized spacial score (nSPS) is 13.0. The molecule has 0 aromatic heterocycles. The zero-order valence-corrected chi connectivity index (χ0v) is 11.6. The zero-order valence-electron chi connectivity index (χ0n) is 11.6. The molecule has 0 aromatic carbocycles. The molecular weight excluding hydrogens is 240 g/mol. The number of alkyl carbamates (subject to hydrolysis) is 1. The van der Waals surface area contributed by atoms with E-state index in [0.29, 0.717) is 6.42 Å². The molecule has 106 valence electrons. The Balaban J connectivity index is 4.30. The minimum Gasteiger partial charge on any atom is -0.444 e. The molecular formula is C11H22N2O5. The van der Waals surface area contributed by atoms with Crippen LogP contribution in [-0.2, 0) is 9.57 Å². The fraction of sp³-hybridized carbons (Fsp3) is 0.909. The van der Waals surface area contributed by atoms with Gasteiger partial charge in [0.25, 0.3) is 5.09 Å². The van der Waals surface area contributed by atoms with Crippen LogP contribution in [0, 0.1) is 16.0 Å². The van der Waals surface area contributed by atoms with Crippen molar-refractivity contribution in [1.82, 2.24) is 5.32 Å². The Hall–Kier alpha value is -1.53. The first-order chi connectivity index (χ1) is 8.10. The van der Waals surface area contributed by atoms with E-state index in [-0.39, 0.29) is 12.5 Å². The molecule has 0 rings (SSSR count). The van der Waals surface area contributed by atoms with E-state index in [1.807, 2.05) is 13.8 Å². The molecule has 0 heterocycles. The van der Waals surface area contributed by atoms with Gasteiger partial charge in [0.15, 0.2) is 0 Å². The lowest BCUT2D eigenvalue weighted by Crippen LogP contribution is -2.42. The molecule has 1 atom stereocenters. The summed E-state index contributed by atoms with van der Waals surface area (Å²) in [6.07, 6.45) is -0.0207. The van der Waals surface area contributed by atoms with Crippen molar-refractivity contribution in [1.29, 1.82) is 0 Å². The molecule has 7 nitrogen and oxygen atoms in total. The van der Waals surface area contributed by atoms with E-state index in [0.717, 1.165) is 0 Å². The number of nitrogens with zero attached hydrogens (tertiary/aromatic N) is 1. The van der Waals surface area contributed by atoms with E-state index in [9.17, 15) is 14.9 Å². The summed E-state index contributed by atoms with van der Waals surface area (Å²) < 4.78 is 5.08. The minimum absolute atomic E-state index is 0.176. The van der Waals surface area contributed by atoms with Gasteiger partial charge in [-0.25, -0.2) is 4.79 Å². The maximum absolute atomic E-state index is 11.5. The van der Waals surface area contributed by atoms with E-state index in [2.05, 4.69) is 10.2 Å². The first kappa shape index (κ1) is 16.5. The predicted octanol–water partition coefficient (Wildman–Crippen LogP) is 2.13. The second-order valence-corrected chi connectivity index (χ2v) is 5.49. The lowest BCUT2D eigenvalue weighted by atomic mass is 10.0. The van der Waals surface area contributed by atoms with Gasteiger partial charge in [-0.05, 0) is 33.1 Å². The topological polar surface area (TPSA) is 90.7 Å². The number of amides is 1. The highest BCUT2D eigenvalue weighted by Crippen LogP contribution is 2.09. The van der Waals surface area contributed by atoms with E-state index in [4.69, 9.17) is 4.74 Å². The summed E-state index contributed by atoms with van der Waals surface area (Å²) in [4.78, 5) is 26.0. The first-order valence-electron chi connectivity index (χ1n) is 5.87. The summed E-state index contributed by atoms with van der Waals surface area (Å²) in [5, 5.41) is 11.8. The van der Waals surface area contributed by atoms with E-state index >= 15 is 0 Å². The highest BCUT2D eigenvalue weighted by atomic mass is 16.9. The van der Waals surface area contributed by atoms with Gasteiger partial charge in [-0.15, -0.1) is 10.1 Å². The Morgan fingerprint density at radius 1 is 1.39 bits per heavy atom. The van der Waals surface area contributed by atoms with E-state index in [1.54, 1.807) is 20.8 Å². The highest BCUT2D eigenvalue weighted by molar-refractivity contribution is 5.68. The molecule has 7 heteroatoms. The molecule has 0 aromatic rings. The molecule has 0 radical (unpaired) electrons. The van der Waals surface area contributed by atoms with Gasteiger partial charge in [0, 0.05) is 0 Å². The largest absolute Gasteiger partial charge is 0.444 e. The van der Waals surface area contributed by atoms with Crippen molar-refractivity contribution in [2.24, 2.45) is 5.92 Å². The fourth-order valence-electron chi connectivity index (χ4n) is 1.36. The van der Waals surface area contributed by atoms with Crippen LogP contribution in [0.15, 0.2) is 0 Å². The molecule has 0 saturated heterocycles. The van der Waals surface area contributed by atoms with Gasteiger partial charge in [-0.2, -0.15) is 0 Å². The smallest absolute Gasteiger partial charge is 0.407 e. The molecule has 0 saturated carbocycles. The summed E-state index contributed by atoms with van der Waals surface area (Å²) in [6, 6.07) is -0.440. The van der Waals surface area contributed by atoms with Crippen molar-refractivity contribution in [3.05, 3.63) is 10.1 Å². The van der Waals surface area contributed by atoms with Crippen molar-refractivity contribution >= 4 is 6.09 Å². The predicted molar refractivity (Wildman–Crippen MR) is 65.6 cm³/mol. The lowest BCUT2D eigenvalue weighted by Gasteiger charge is -2.24. The number of rotatable bonds is 6. The van der Waals surface area contributed by atoms with Gasteiger partial charge in [0.05, 0.1) is 6.04 Å². The fourth-order valence-corrected chi connectivity index (χ4v) is 1.36. The number of hydrogen-bond donors (Lipinski definition) is 1. The Bertz CT molecular complexity index is 286. The number of ether oxygens (including phenoxy) is 1. The van der Waals surface area contributed by atoms with Crippen LogP contribution in [0.4, 0.5) is 4.79 Å². The van der Waals surface area contributed by atoms with Gasteiger partial charge in [-0.3, -0.25) is 0 Å². The number of hydrogen-bond acceptors (Lipinski definition) is 5.